The van der Waals surface area contributed by atoms with Crippen LogP contribution >= 0.6 is 15.9 Å². The quantitative estimate of drug-likeness (QED) is 0.846. The molecule has 0 spiro atoms. The van der Waals surface area contributed by atoms with Crippen molar-refractivity contribution in [1.29, 1.82) is 5.26 Å². The van der Waals surface area contributed by atoms with Crippen molar-refractivity contribution in [1.82, 2.24) is 0 Å². The predicted octanol–water partition coefficient (Wildman–Crippen LogP) is 2.68. The fourth-order valence-electron chi connectivity index (χ4n) is 0.966. The molecule has 0 heterocycles. The zero-order chi connectivity index (χ0) is 11.4. The van der Waals surface area contributed by atoms with Crippen LogP contribution in [-0.4, -0.2) is 11.9 Å². The van der Waals surface area contributed by atoms with Gasteiger partial charge in [0.05, 0.1) is 5.56 Å². The number of carbonyl (C=O) groups is 1. The highest BCUT2D eigenvalue weighted by atomic mass is 79.9. The number of hydrogen-bond donors (Lipinski definition) is 0. The Morgan fingerprint density at radius 3 is 2.80 bits per heavy atom. The van der Waals surface area contributed by atoms with Gasteiger partial charge in [-0.3, -0.25) is 4.79 Å². The summed E-state index contributed by atoms with van der Waals surface area (Å²) in [5.74, 6) is 0.366. The minimum Gasteiger partial charge on any atom is -0.482 e. The molecule has 4 heteroatoms. The van der Waals surface area contributed by atoms with E-state index in [-0.39, 0.29) is 5.78 Å². The maximum Gasteiger partial charge on any atom is 0.169 e. The average Bonchev–Trinajstić information content (AvgIpc) is 2.20. The molecule has 0 radical (unpaired) electrons. The van der Waals surface area contributed by atoms with Crippen LogP contribution in [0.4, 0.5) is 0 Å². The third-order valence-corrected chi connectivity index (χ3v) is 2.43. The van der Waals surface area contributed by atoms with E-state index in [1.807, 2.05) is 6.07 Å². The van der Waals surface area contributed by atoms with Crippen molar-refractivity contribution in [3.8, 4) is 11.8 Å². The van der Waals surface area contributed by atoms with Crippen LogP contribution in [-0.2, 0) is 4.79 Å². The lowest BCUT2D eigenvalue weighted by Gasteiger charge is -2.12. The minimum atomic E-state index is -0.529. The molecule has 0 saturated heterocycles. The van der Waals surface area contributed by atoms with Crippen molar-refractivity contribution < 1.29 is 9.53 Å². The predicted molar refractivity (Wildman–Crippen MR) is 59.6 cm³/mol. The van der Waals surface area contributed by atoms with Crippen molar-refractivity contribution in [2.45, 2.75) is 20.0 Å². The van der Waals surface area contributed by atoms with E-state index in [0.29, 0.717) is 11.3 Å². The van der Waals surface area contributed by atoms with E-state index >= 15 is 0 Å². The first-order chi connectivity index (χ1) is 7.04. The summed E-state index contributed by atoms with van der Waals surface area (Å²) in [6, 6.07) is 7.10. The van der Waals surface area contributed by atoms with Gasteiger partial charge in [0.15, 0.2) is 11.9 Å². The lowest BCUT2D eigenvalue weighted by Crippen LogP contribution is -2.21. The van der Waals surface area contributed by atoms with Gasteiger partial charge in [0.25, 0.3) is 0 Å². The minimum absolute atomic E-state index is 0.0678. The van der Waals surface area contributed by atoms with Gasteiger partial charge >= 0.3 is 0 Å². The number of carbonyl (C=O) groups excluding carboxylic acids is 1. The van der Waals surface area contributed by atoms with Gasteiger partial charge in [-0.05, 0) is 32.0 Å². The molecule has 0 aliphatic heterocycles. The van der Waals surface area contributed by atoms with Crippen molar-refractivity contribution in [3.05, 3.63) is 28.2 Å². The van der Waals surface area contributed by atoms with Gasteiger partial charge in [0.2, 0.25) is 0 Å². The monoisotopic (exact) mass is 267 g/mol. The van der Waals surface area contributed by atoms with Gasteiger partial charge in [-0.2, -0.15) is 5.26 Å². The fourth-order valence-corrected chi connectivity index (χ4v) is 1.33. The number of nitriles is 1. The zero-order valence-electron chi connectivity index (χ0n) is 8.45. The van der Waals surface area contributed by atoms with E-state index in [2.05, 4.69) is 15.9 Å². The number of hydrogen-bond acceptors (Lipinski definition) is 3. The summed E-state index contributed by atoms with van der Waals surface area (Å²) in [4.78, 5) is 11.0. The maximum atomic E-state index is 11.0. The fraction of sp³-hybridized carbons (Fsp3) is 0.273. The van der Waals surface area contributed by atoms with Crippen LogP contribution in [0.3, 0.4) is 0 Å². The average molecular weight is 268 g/mol. The molecular formula is C11H10BrNO2. The van der Waals surface area contributed by atoms with Crippen molar-refractivity contribution in [2.24, 2.45) is 0 Å². The second-order valence-corrected chi connectivity index (χ2v) is 4.04. The molecule has 0 saturated carbocycles. The van der Waals surface area contributed by atoms with E-state index < -0.39 is 6.10 Å². The van der Waals surface area contributed by atoms with Crippen LogP contribution in [0.25, 0.3) is 0 Å². The smallest absolute Gasteiger partial charge is 0.169 e. The number of nitrogens with zero attached hydrogens (tertiary/aromatic N) is 1. The molecule has 0 amide bonds. The molecule has 1 unspecified atom stereocenters. The van der Waals surface area contributed by atoms with E-state index in [0.717, 1.165) is 4.47 Å². The van der Waals surface area contributed by atoms with Gasteiger partial charge in [0, 0.05) is 4.47 Å². The van der Waals surface area contributed by atoms with Crippen LogP contribution in [0.5, 0.6) is 5.75 Å². The van der Waals surface area contributed by atoms with E-state index in [1.54, 1.807) is 25.1 Å². The molecule has 0 fully saturated rings. The summed E-state index contributed by atoms with van der Waals surface area (Å²) in [6.45, 7) is 3.11. The third-order valence-electron chi connectivity index (χ3n) is 1.94. The van der Waals surface area contributed by atoms with Crippen molar-refractivity contribution in [2.75, 3.05) is 0 Å². The van der Waals surface area contributed by atoms with Crippen molar-refractivity contribution >= 4 is 21.7 Å². The second kappa shape index (κ2) is 4.94. The number of ketones is 1. The highest BCUT2D eigenvalue weighted by molar-refractivity contribution is 9.10. The lowest BCUT2D eigenvalue weighted by atomic mass is 10.2. The molecule has 0 aromatic heterocycles. The second-order valence-electron chi connectivity index (χ2n) is 3.12. The van der Waals surface area contributed by atoms with Crippen LogP contribution in [0.1, 0.15) is 19.4 Å². The van der Waals surface area contributed by atoms with E-state index in [9.17, 15) is 4.79 Å². The van der Waals surface area contributed by atoms with Gasteiger partial charge in [-0.25, -0.2) is 0 Å². The first-order valence-electron chi connectivity index (χ1n) is 4.41. The number of benzene rings is 1. The lowest BCUT2D eigenvalue weighted by molar-refractivity contribution is -0.122. The molecule has 0 aliphatic carbocycles. The van der Waals surface area contributed by atoms with Crippen LogP contribution in [0.2, 0.25) is 0 Å². The highest BCUT2D eigenvalue weighted by Crippen LogP contribution is 2.23. The maximum absolute atomic E-state index is 11.0. The Hall–Kier alpha value is -1.34. The standard InChI is InChI=1S/C11H10BrNO2/c1-7(14)8(2)15-11-4-3-10(12)5-9(11)6-13/h3-5,8H,1-2H3. The molecule has 78 valence electrons. The van der Waals surface area contributed by atoms with E-state index in [4.69, 9.17) is 10.00 Å². The van der Waals surface area contributed by atoms with Crippen LogP contribution in [0.15, 0.2) is 22.7 Å². The summed E-state index contributed by atoms with van der Waals surface area (Å²) in [6.07, 6.45) is -0.529. The van der Waals surface area contributed by atoms with Gasteiger partial charge in [-0.15, -0.1) is 0 Å². The molecule has 0 bridgehead atoms. The largest absolute Gasteiger partial charge is 0.482 e. The topological polar surface area (TPSA) is 50.1 Å². The third kappa shape index (κ3) is 3.07. The number of rotatable bonds is 3. The van der Waals surface area contributed by atoms with Gasteiger partial charge < -0.3 is 4.74 Å². The Morgan fingerprint density at radius 1 is 1.60 bits per heavy atom. The van der Waals surface area contributed by atoms with Gasteiger partial charge in [0.1, 0.15) is 11.8 Å². The Kier molecular flexibility index (Phi) is 3.87. The Labute approximate surface area is 96.8 Å². The number of ether oxygens (including phenoxy) is 1. The van der Waals surface area contributed by atoms with Crippen molar-refractivity contribution in [3.63, 3.8) is 0 Å². The highest BCUT2D eigenvalue weighted by Gasteiger charge is 2.12. The molecule has 1 rings (SSSR count). The summed E-state index contributed by atoms with van der Waals surface area (Å²) >= 11 is 3.26. The Bertz CT molecular complexity index is 423. The molecule has 0 aliphatic rings. The Balaban J connectivity index is 2.96. The summed E-state index contributed by atoms with van der Waals surface area (Å²) in [7, 11) is 0. The van der Waals surface area contributed by atoms with E-state index in [1.165, 1.54) is 6.92 Å². The molecule has 3 nitrogen and oxygen atoms in total. The molecule has 0 N–H and O–H groups in total. The summed E-state index contributed by atoms with van der Waals surface area (Å²) < 4.78 is 6.17. The molecular weight excluding hydrogens is 258 g/mol. The molecule has 15 heavy (non-hydrogen) atoms. The number of halogens is 1. The first-order valence-corrected chi connectivity index (χ1v) is 5.20. The van der Waals surface area contributed by atoms with Gasteiger partial charge in [-0.1, -0.05) is 15.9 Å². The van der Waals surface area contributed by atoms with Crippen LogP contribution < -0.4 is 4.74 Å². The SMILES string of the molecule is CC(=O)C(C)Oc1ccc(Br)cc1C#N. The number of Topliss-reactive ketones (excluding diaryl/α,β-unsaturated/α-hetero) is 1. The summed E-state index contributed by atoms with van der Waals surface area (Å²) in [5.41, 5.74) is 0.414. The summed E-state index contributed by atoms with van der Waals surface area (Å²) in [5, 5.41) is 8.86. The molecule has 1 aromatic carbocycles. The molecule has 1 atom stereocenters. The zero-order valence-corrected chi connectivity index (χ0v) is 10.0. The Morgan fingerprint density at radius 2 is 2.27 bits per heavy atom. The first kappa shape index (κ1) is 11.7. The molecule has 1 aromatic rings. The normalized spacial score (nSPS) is 11.6. The van der Waals surface area contributed by atoms with Crippen LogP contribution in [0, 0.1) is 11.3 Å².